The molecular weight excluding hydrogens is 225 g/mol. The fourth-order valence-corrected chi connectivity index (χ4v) is 2.07. The Balaban J connectivity index is 1.99. The Morgan fingerprint density at radius 1 is 1.53 bits per heavy atom. The van der Waals surface area contributed by atoms with Gasteiger partial charge in [0.1, 0.15) is 18.0 Å². The van der Waals surface area contributed by atoms with E-state index in [2.05, 4.69) is 15.0 Å². The molecule has 1 fully saturated rings. The first-order chi connectivity index (χ1) is 8.29. The van der Waals surface area contributed by atoms with E-state index in [1.54, 1.807) is 10.8 Å². The van der Waals surface area contributed by atoms with E-state index >= 15 is 0 Å². The monoisotopic (exact) mass is 237 g/mol. The third-order valence-corrected chi connectivity index (χ3v) is 2.90. The van der Waals surface area contributed by atoms with E-state index in [-0.39, 0.29) is 6.10 Å². The molecule has 6 nitrogen and oxygen atoms in total. The molecule has 3 rings (SSSR count). The molecule has 1 saturated heterocycles. The Morgan fingerprint density at radius 3 is 3.18 bits per heavy atom. The smallest absolute Gasteiger partial charge is 0.168 e. The first kappa shape index (κ1) is 10.5. The Hall–Kier alpha value is -1.60. The van der Waals surface area contributed by atoms with E-state index in [4.69, 9.17) is 10.5 Å². The summed E-state index contributed by atoms with van der Waals surface area (Å²) in [5.41, 5.74) is 6.68. The second-order valence-electron chi connectivity index (χ2n) is 4.02. The molecule has 1 aliphatic rings. The highest BCUT2D eigenvalue weighted by Crippen LogP contribution is 2.32. The fraction of sp³-hybridized carbons (Fsp3) is 0.500. The van der Waals surface area contributed by atoms with Gasteiger partial charge in [0.2, 0.25) is 0 Å². The van der Waals surface area contributed by atoms with Crippen molar-refractivity contribution in [1.29, 1.82) is 0 Å². The molecule has 7 heteroatoms. The van der Waals surface area contributed by atoms with Crippen LogP contribution in [0.15, 0.2) is 18.9 Å². The van der Waals surface area contributed by atoms with Gasteiger partial charge in [0, 0.05) is 13.0 Å². The minimum absolute atomic E-state index is 0.241. The zero-order valence-electron chi connectivity index (χ0n) is 9.03. The molecule has 0 aromatic carbocycles. The lowest BCUT2D eigenvalue weighted by molar-refractivity contribution is -0.0127. The highest BCUT2D eigenvalue weighted by molar-refractivity contribution is 5.68. The van der Waals surface area contributed by atoms with Crippen LogP contribution in [0, 0.1) is 0 Å². The van der Waals surface area contributed by atoms with Gasteiger partial charge in [0.15, 0.2) is 11.9 Å². The van der Waals surface area contributed by atoms with Crippen molar-refractivity contribution in [2.75, 3.05) is 6.54 Å². The van der Waals surface area contributed by atoms with E-state index in [0.29, 0.717) is 24.1 Å². The van der Waals surface area contributed by atoms with Gasteiger partial charge in [-0.1, -0.05) is 0 Å². The van der Waals surface area contributed by atoms with Gasteiger partial charge >= 0.3 is 0 Å². The largest absolute Gasteiger partial charge is 0.350 e. The number of hydrogen-bond donors (Lipinski definition) is 1. The van der Waals surface area contributed by atoms with Gasteiger partial charge in [-0.25, -0.2) is 19.3 Å². The molecule has 0 bridgehead atoms. The van der Waals surface area contributed by atoms with Crippen LogP contribution in [0.1, 0.15) is 12.6 Å². The van der Waals surface area contributed by atoms with Crippen LogP contribution in [0.25, 0.3) is 11.2 Å². The average molecular weight is 237 g/mol. The third-order valence-electron chi connectivity index (χ3n) is 2.90. The standard InChI is InChI=1S/C10H12FN5O/c11-7-1-6(2-12)17-10(7)16-5-15-8-3-13-4-14-9(8)16/h3-7,10H,1-2,12H2/t6-,7+,10+/m0/s1. The number of fused-ring (bicyclic) bond motifs is 1. The summed E-state index contributed by atoms with van der Waals surface area (Å²) < 4.78 is 21.0. The number of nitrogens with two attached hydrogens (primary N) is 1. The average Bonchev–Trinajstić information content (AvgIpc) is 2.92. The van der Waals surface area contributed by atoms with Crippen molar-refractivity contribution in [3.63, 3.8) is 0 Å². The molecule has 3 atom stereocenters. The first-order valence-corrected chi connectivity index (χ1v) is 5.41. The molecule has 2 N–H and O–H groups in total. The Bertz CT molecular complexity index is 530. The summed E-state index contributed by atoms with van der Waals surface area (Å²) in [6.07, 6.45) is 2.81. The van der Waals surface area contributed by atoms with Crippen molar-refractivity contribution in [3.8, 4) is 0 Å². The SMILES string of the molecule is NC[C@@H]1C[C@@H](F)[C@H](n2cnc3cncnc32)O1. The molecule has 1 aliphatic heterocycles. The van der Waals surface area contributed by atoms with Gasteiger partial charge in [0.25, 0.3) is 0 Å². The van der Waals surface area contributed by atoms with Gasteiger partial charge in [-0.05, 0) is 0 Å². The summed E-state index contributed by atoms with van der Waals surface area (Å²) in [4.78, 5) is 12.1. The second-order valence-corrected chi connectivity index (χ2v) is 4.02. The summed E-state index contributed by atoms with van der Waals surface area (Å²) >= 11 is 0. The zero-order valence-corrected chi connectivity index (χ0v) is 9.03. The maximum absolute atomic E-state index is 13.8. The van der Waals surface area contributed by atoms with Crippen LogP contribution in [0.4, 0.5) is 4.39 Å². The number of hydrogen-bond acceptors (Lipinski definition) is 5. The van der Waals surface area contributed by atoms with Crippen LogP contribution in [0.5, 0.6) is 0 Å². The molecule has 0 spiro atoms. The van der Waals surface area contributed by atoms with Gasteiger partial charge in [-0.3, -0.25) is 4.57 Å². The van der Waals surface area contributed by atoms with E-state index in [1.165, 1.54) is 12.7 Å². The zero-order chi connectivity index (χ0) is 11.8. The predicted molar refractivity (Wildman–Crippen MR) is 57.8 cm³/mol. The normalized spacial score (nSPS) is 28.9. The van der Waals surface area contributed by atoms with Crippen LogP contribution in [0.2, 0.25) is 0 Å². The number of nitrogens with zero attached hydrogens (tertiary/aromatic N) is 4. The summed E-state index contributed by atoms with van der Waals surface area (Å²) in [6, 6.07) is 0. The Kier molecular flexibility index (Phi) is 2.49. The quantitative estimate of drug-likeness (QED) is 0.818. The van der Waals surface area contributed by atoms with Gasteiger partial charge in [0.05, 0.1) is 18.6 Å². The van der Waals surface area contributed by atoms with Gasteiger partial charge in [-0.2, -0.15) is 0 Å². The molecule has 0 aliphatic carbocycles. The van der Waals surface area contributed by atoms with Crippen molar-refractivity contribution in [2.45, 2.75) is 24.9 Å². The molecular formula is C10H12FN5O. The van der Waals surface area contributed by atoms with Crippen LogP contribution in [-0.2, 0) is 4.74 Å². The summed E-state index contributed by atoms with van der Waals surface area (Å²) in [5.74, 6) is 0. The Morgan fingerprint density at radius 2 is 2.41 bits per heavy atom. The first-order valence-electron chi connectivity index (χ1n) is 5.41. The lowest BCUT2D eigenvalue weighted by atomic mass is 10.2. The number of rotatable bonds is 2. The van der Waals surface area contributed by atoms with Gasteiger partial charge < -0.3 is 10.5 Å². The summed E-state index contributed by atoms with van der Waals surface area (Å²) in [7, 11) is 0. The van der Waals surface area contributed by atoms with Crippen LogP contribution in [-0.4, -0.2) is 38.3 Å². The van der Waals surface area contributed by atoms with Crippen molar-refractivity contribution in [2.24, 2.45) is 5.73 Å². The lowest BCUT2D eigenvalue weighted by Gasteiger charge is -2.15. The second kappa shape index (κ2) is 4.01. The molecule has 90 valence electrons. The van der Waals surface area contributed by atoms with Gasteiger partial charge in [-0.15, -0.1) is 0 Å². The van der Waals surface area contributed by atoms with E-state index in [0.717, 1.165) is 0 Å². The molecule has 3 heterocycles. The van der Waals surface area contributed by atoms with E-state index in [1.807, 2.05) is 0 Å². The van der Waals surface area contributed by atoms with Crippen LogP contribution in [0.3, 0.4) is 0 Å². The molecule has 2 aromatic heterocycles. The van der Waals surface area contributed by atoms with Crippen LogP contribution < -0.4 is 5.73 Å². The number of alkyl halides is 1. The Labute approximate surface area is 96.6 Å². The van der Waals surface area contributed by atoms with Crippen molar-refractivity contribution in [3.05, 3.63) is 18.9 Å². The molecule has 0 unspecified atom stereocenters. The van der Waals surface area contributed by atoms with E-state index < -0.39 is 12.4 Å². The molecule has 2 aromatic rings. The summed E-state index contributed by atoms with van der Waals surface area (Å²) in [5, 5.41) is 0. The topological polar surface area (TPSA) is 78.9 Å². The summed E-state index contributed by atoms with van der Waals surface area (Å²) in [6.45, 7) is 0.318. The number of imidazole rings is 1. The number of aromatic nitrogens is 4. The molecule has 0 radical (unpaired) electrons. The third kappa shape index (κ3) is 1.67. The van der Waals surface area contributed by atoms with Crippen molar-refractivity contribution < 1.29 is 9.13 Å². The maximum Gasteiger partial charge on any atom is 0.168 e. The molecule has 17 heavy (non-hydrogen) atoms. The van der Waals surface area contributed by atoms with E-state index in [9.17, 15) is 4.39 Å². The molecule has 0 saturated carbocycles. The van der Waals surface area contributed by atoms with Crippen molar-refractivity contribution >= 4 is 11.2 Å². The predicted octanol–water partition coefficient (Wildman–Crippen LogP) is 0.411. The highest BCUT2D eigenvalue weighted by atomic mass is 19.1. The lowest BCUT2D eigenvalue weighted by Crippen LogP contribution is -2.20. The number of halogens is 1. The highest BCUT2D eigenvalue weighted by Gasteiger charge is 2.36. The maximum atomic E-state index is 13.8. The number of ether oxygens (including phenoxy) is 1. The molecule has 0 amide bonds. The minimum Gasteiger partial charge on any atom is -0.350 e. The van der Waals surface area contributed by atoms with Crippen LogP contribution >= 0.6 is 0 Å². The fourth-order valence-electron chi connectivity index (χ4n) is 2.07. The van der Waals surface area contributed by atoms with Crippen molar-refractivity contribution in [1.82, 2.24) is 19.5 Å². The minimum atomic E-state index is -1.09.